The summed E-state index contributed by atoms with van der Waals surface area (Å²) in [4.78, 5) is 4.55. The molecule has 0 bridgehead atoms. The Balaban J connectivity index is 1.84. The normalized spacial score (nSPS) is 18.1. The second-order valence-corrected chi connectivity index (χ2v) is 6.42. The maximum Gasteiger partial charge on any atom is 0.247 e. The van der Waals surface area contributed by atoms with Gasteiger partial charge in [-0.3, -0.25) is 0 Å². The highest BCUT2D eigenvalue weighted by Crippen LogP contribution is 2.34. The fraction of sp³-hybridized carbons (Fsp3) is 0.529. The van der Waals surface area contributed by atoms with Crippen LogP contribution in [0, 0.1) is 0 Å². The summed E-state index contributed by atoms with van der Waals surface area (Å²) < 4.78 is 5.45. The van der Waals surface area contributed by atoms with E-state index in [2.05, 4.69) is 36.1 Å². The van der Waals surface area contributed by atoms with Gasteiger partial charge in [-0.1, -0.05) is 62.5 Å². The Morgan fingerprint density at radius 1 is 1.10 bits per heavy atom. The minimum Gasteiger partial charge on any atom is -0.337 e. The average Bonchev–Trinajstić information content (AvgIpc) is 2.99. The molecule has 0 spiro atoms. The SMILES string of the molecule is CC(C)c1ccc(-c2noc(C3(N)CCCCC3)n2)cc1. The van der Waals surface area contributed by atoms with Crippen molar-refractivity contribution in [3.8, 4) is 11.4 Å². The van der Waals surface area contributed by atoms with Gasteiger partial charge in [0.05, 0.1) is 5.54 Å². The Bertz CT molecular complexity index is 595. The fourth-order valence-electron chi connectivity index (χ4n) is 2.96. The van der Waals surface area contributed by atoms with E-state index in [0.717, 1.165) is 31.2 Å². The fourth-order valence-corrected chi connectivity index (χ4v) is 2.96. The molecule has 0 radical (unpaired) electrons. The lowest BCUT2D eigenvalue weighted by Crippen LogP contribution is -2.38. The van der Waals surface area contributed by atoms with Crippen LogP contribution in [0.2, 0.25) is 0 Å². The van der Waals surface area contributed by atoms with Crippen molar-refractivity contribution in [2.75, 3.05) is 0 Å². The summed E-state index contributed by atoms with van der Waals surface area (Å²) in [6.07, 6.45) is 5.38. The smallest absolute Gasteiger partial charge is 0.247 e. The number of nitrogens with zero attached hydrogens (tertiary/aromatic N) is 2. The van der Waals surface area contributed by atoms with Crippen LogP contribution in [0.15, 0.2) is 28.8 Å². The monoisotopic (exact) mass is 285 g/mol. The lowest BCUT2D eigenvalue weighted by Gasteiger charge is -2.29. The molecule has 1 aliphatic carbocycles. The molecule has 1 fully saturated rings. The Hall–Kier alpha value is -1.68. The number of benzene rings is 1. The highest BCUT2D eigenvalue weighted by molar-refractivity contribution is 5.55. The van der Waals surface area contributed by atoms with Gasteiger partial charge in [0.25, 0.3) is 0 Å². The van der Waals surface area contributed by atoms with Gasteiger partial charge in [-0.05, 0) is 24.3 Å². The van der Waals surface area contributed by atoms with Gasteiger partial charge in [0, 0.05) is 5.56 Å². The van der Waals surface area contributed by atoms with Gasteiger partial charge >= 0.3 is 0 Å². The van der Waals surface area contributed by atoms with E-state index in [4.69, 9.17) is 10.3 Å². The second-order valence-electron chi connectivity index (χ2n) is 6.42. The molecule has 1 aromatic heterocycles. The Labute approximate surface area is 125 Å². The van der Waals surface area contributed by atoms with Crippen molar-refractivity contribution in [3.63, 3.8) is 0 Å². The van der Waals surface area contributed by atoms with Crippen LogP contribution in [0.1, 0.15) is 63.3 Å². The highest BCUT2D eigenvalue weighted by Gasteiger charge is 2.35. The lowest BCUT2D eigenvalue weighted by molar-refractivity contribution is 0.220. The molecule has 2 N–H and O–H groups in total. The van der Waals surface area contributed by atoms with Crippen LogP contribution >= 0.6 is 0 Å². The molecule has 0 atom stereocenters. The third-order valence-corrected chi connectivity index (χ3v) is 4.43. The topological polar surface area (TPSA) is 64.9 Å². The van der Waals surface area contributed by atoms with Crippen LogP contribution in [0.4, 0.5) is 0 Å². The Kier molecular flexibility index (Phi) is 3.81. The summed E-state index contributed by atoms with van der Waals surface area (Å²) in [5.41, 5.74) is 8.30. The van der Waals surface area contributed by atoms with Crippen LogP contribution in [0.25, 0.3) is 11.4 Å². The van der Waals surface area contributed by atoms with Crippen molar-refractivity contribution in [2.45, 2.75) is 57.4 Å². The molecular formula is C17H23N3O. The minimum atomic E-state index is -0.429. The summed E-state index contributed by atoms with van der Waals surface area (Å²) in [6, 6.07) is 8.34. The van der Waals surface area contributed by atoms with Crippen molar-refractivity contribution in [2.24, 2.45) is 5.73 Å². The van der Waals surface area contributed by atoms with E-state index < -0.39 is 5.54 Å². The number of aromatic nitrogens is 2. The summed E-state index contributed by atoms with van der Waals surface area (Å²) in [7, 11) is 0. The lowest BCUT2D eigenvalue weighted by atomic mass is 9.82. The molecular weight excluding hydrogens is 262 g/mol. The van der Waals surface area contributed by atoms with Gasteiger partial charge in [0.1, 0.15) is 0 Å². The van der Waals surface area contributed by atoms with Gasteiger partial charge in [-0.25, -0.2) is 0 Å². The van der Waals surface area contributed by atoms with Gasteiger partial charge in [0.2, 0.25) is 11.7 Å². The first-order valence-electron chi connectivity index (χ1n) is 7.82. The zero-order valence-electron chi connectivity index (χ0n) is 12.8. The van der Waals surface area contributed by atoms with Crippen LogP contribution in [0.5, 0.6) is 0 Å². The largest absolute Gasteiger partial charge is 0.337 e. The van der Waals surface area contributed by atoms with E-state index in [1.54, 1.807) is 0 Å². The van der Waals surface area contributed by atoms with E-state index in [0.29, 0.717) is 17.6 Å². The van der Waals surface area contributed by atoms with E-state index in [1.165, 1.54) is 12.0 Å². The number of rotatable bonds is 3. The van der Waals surface area contributed by atoms with Gasteiger partial charge < -0.3 is 10.3 Å². The van der Waals surface area contributed by atoms with Crippen molar-refractivity contribution in [3.05, 3.63) is 35.7 Å². The van der Waals surface area contributed by atoms with Gasteiger partial charge in [-0.2, -0.15) is 4.98 Å². The van der Waals surface area contributed by atoms with E-state index in [-0.39, 0.29) is 0 Å². The summed E-state index contributed by atoms with van der Waals surface area (Å²) in [5.74, 6) is 1.75. The molecule has 1 aliphatic rings. The molecule has 4 nitrogen and oxygen atoms in total. The molecule has 1 saturated carbocycles. The molecule has 1 heterocycles. The predicted octanol–water partition coefficient (Wildman–Crippen LogP) is 3.98. The number of hydrogen-bond acceptors (Lipinski definition) is 4. The molecule has 0 unspecified atom stereocenters. The standard InChI is InChI=1S/C17H23N3O/c1-12(2)13-6-8-14(9-7-13)15-19-16(21-20-15)17(18)10-4-3-5-11-17/h6-9,12H,3-5,10-11,18H2,1-2H3. The van der Waals surface area contributed by atoms with Gasteiger partial charge in [-0.15, -0.1) is 0 Å². The molecule has 1 aromatic carbocycles. The maximum atomic E-state index is 6.44. The predicted molar refractivity (Wildman–Crippen MR) is 82.8 cm³/mol. The van der Waals surface area contributed by atoms with Crippen molar-refractivity contribution in [1.82, 2.24) is 10.1 Å². The van der Waals surface area contributed by atoms with E-state index in [9.17, 15) is 0 Å². The van der Waals surface area contributed by atoms with Gasteiger partial charge in [0.15, 0.2) is 0 Å². The van der Waals surface area contributed by atoms with Crippen LogP contribution in [-0.4, -0.2) is 10.1 Å². The van der Waals surface area contributed by atoms with Crippen molar-refractivity contribution < 1.29 is 4.52 Å². The third kappa shape index (κ3) is 2.86. The van der Waals surface area contributed by atoms with E-state index in [1.807, 2.05) is 12.1 Å². The number of hydrogen-bond donors (Lipinski definition) is 1. The Morgan fingerprint density at radius 2 is 1.76 bits per heavy atom. The zero-order valence-corrected chi connectivity index (χ0v) is 12.8. The summed E-state index contributed by atoms with van der Waals surface area (Å²) in [5, 5.41) is 4.12. The van der Waals surface area contributed by atoms with Crippen molar-refractivity contribution >= 4 is 0 Å². The minimum absolute atomic E-state index is 0.429. The van der Waals surface area contributed by atoms with Crippen LogP contribution in [-0.2, 0) is 5.54 Å². The maximum absolute atomic E-state index is 6.44. The molecule has 3 rings (SSSR count). The molecule has 0 saturated heterocycles. The molecule has 112 valence electrons. The van der Waals surface area contributed by atoms with Crippen LogP contribution < -0.4 is 5.73 Å². The highest BCUT2D eigenvalue weighted by atomic mass is 16.5. The van der Waals surface area contributed by atoms with Crippen molar-refractivity contribution in [1.29, 1.82) is 0 Å². The number of nitrogens with two attached hydrogens (primary N) is 1. The van der Waals surface area contributed by atoms with Crippen LogP contribution in [0.3, 0.4) is 0 Å². The first kappa shape index (κ1) is 14.3. The summed E-state index contributed by atoms with van der Waals surface area (Å²) in [6.45, 7) is 4.37. The van der Waals surface area contributed by atoms with E-state index >= 15 is 0 Å². The molecule has 0 amide bonds. The molecule has 21 heavy (non-hydrogen) atoms. The second kappa shape index (κ2) is 5.60. The third-order valence-electron chi connectivity index (χ3n) is 4.43. The first-order chi connectivity index (χ1) is 10.1. The summed E-state index contributed by atoms with van der Waals surface area (Å²) >= 11 is 0. The zero-order chi connectivity index (χ0) is 14.9. The average molecular weight is 285 g/mol. The first-order valence-corrected chi connectivity index (χ1v) is 7.82. The molecule has 4 heteroatoms. The molecule has 2 aromatic rings. The quantitative estimate of drug-likeness (QED) is 0.926. The Morgan fingerprint density at radius 3 is 2.38 bits per heavy atom. The molecule has 0 aliphatic heterocycles.